The monoisotopic (exact) mass is 217 g/mol. The highest BCUT2D eigenvalue weighted by Crippen LogP contribution is 2.58. The molecule has 1 aromatic rings. The molecule has 1 aromatic carbocycles. The highest BCUT2D eigenvalue weighted by atomic mass is 16.3. The summed E-state index contributed by atoms with van der Waals surface area (Å²) in [7, 11) is 0. The second-order valence-corrected chi connectivity index (χ2v) is 5.39. The Labute approximate surface area is 96.5 Å². The van der Waals surface area contributed by atoms with Crippen molar-refractivity contribution in [2.24, 2.45) is 5.92 Å². The van der Waals surface area contributed by atoms with Crippen LogP contribution in [0.15, 0.2) is 12.1 Å². The van der Waals surface area contributed by atoms with Crippen LogP contribution in [-0.2, 0) is 11.8 Å². The lowest BCUT2D eigenvalue weighted by Gasteiger charge is -2.45. The van der Waals surface area contributed by atoms with Crippen LogP contribution in [0.1, 0.15) is 43.7 Å². The second-order valence-electron chi connectivity index (χ2n) is 5.39. The molecule has 0 aliphatic heterocycles. The number of phenolic OH excluding ortho intramolecular Hbond substituents is 1. The van der Waals surface area contributed by atoms with Crippen molar-refractivity contribution in [1.29, 1.82) is 0 Å². The molecule has 2 nitrogen and oxygen atoms in total. The van der Waals surface area contributed by atoms with E-state index in [-0.39, 0.29) is 0 Å². The Morgan fingerprint density at radius 2 is 2.19 bits per heavy atom. The molecular weight excluding hydrogens is 198 g/mol. The topological polar surface area (TPSA) is 46.2 Å². The first kappa shape index (κ1) is 10.0. The molecule has 16 heavy (non-hydrogen) atoms. The van der Waals surface area contributed by atoms with Gasteiger partial charge in [-0.25, -0.2) is 0 Å². The van der Waals surface area contributed by atoms with Crippen molar-refractivity contribution in [2.45, 2.75) is 44.4 Å². The summed E-state index contributed by atoms with van der Waals surface area (Å²) in [5.41, 5.74) is 9.95. The zero-order valence-electron chi connectivity index (χ0n) is 9.79. The van der Waals surface area contributed by atoms with Gasteiger partial charge in [-0.05, 0) is 42.4 Å². The fourth-order valence-corrected chi connectivity index (χ4v) is 3.89. The molecule has 0 bridgehead atoms. The fourth-order valence-electron chi connectivity index (χ4n) is 3.89. The minimum Gasteiger partial charge on any atom is -0.508 e. The first-order valence-electron chi connectivity index (χ1n) is 6.29. The first-order valence-corrected chi connectivity index (χ1v) is 6.29. The minimum absolute atomic E-state index is 0.322. The Morgan fingerprint density at radius 3 is 2.75 bits per heavy atom. The van der Waals surface area contributed by atoms with Gasteiger partial charge in [-0.2, -0.15) is 0 Å². The van der Waals surface area contributed by atoms with Gasteiger partial charge in [0.05, 0.1) is 0 Å². The van der Waals surface area contributed by atoms with Gasteiger partial charge in [0, 0.05) is 17.2 Å². The maximum Gasteiger partial charge on any atom is 0.117 e. The van der Waals surface area contributed by atoms with Crippen LogP contribution in [0.25, 0.3) is 0 Å². The lowest BCUT2D eigenvalue weighted by Crippen LogP contribution is -2.39. The number of rotatable bonds is 1. The van der Waals surface area contributed by atoms with E-state index in [1.807, 2.05) is 6.07 Å². The van der Waals surface area contributed by atoms with Crippen LogP contribution in [0.5, 0.6) is 5.75 Å². The molecular formula is C14H19NO. The van der Waals surface area contributed by atoms with Gasteiger partial charge in [-0.1, -0.05) is 19.8 Å². The third kappa shape index (κ3) is 1.07. The van der Waals surface area contributed by atoms with E-state index in [1.165, 1.54) is 36.8 Å². The van der Waals surface area contributed by atoms with Crippen LogP contribution >= 0.6 is 0 Å². The van der Waals surface area contributed by atoms with Crippen LogP contribution in [0.2, 0.25) is 0 Å². The Hall–Kier alpha value is -1.18. The molecule has 2 aliphatic rings. The molecule has 2 heteroatoms. The second kappa shape index (κ2) is 3.16. The zero-order chi connectivity index (χ0) is 11.3. The van der Waals surface area contributed by atoms with Crippen molar-refractivity contribution in [2.75, 3.05) is 5.73 Å². The maximum atomic E-state index is 9.62. The molecule has 3 rings (SSSR count). The lowest BCUT2D eigenvalue weighted by molar-refractivity contribution is 0.160. The SMILES string of the molecule is CCC1Cc2cc(O)cc(N)c2C12CCC2. The molecule has 1 spiro atoms. The predicted molar refractivity (Wildman–Crippen MR) is 65.5 cm³/mol. The normalized spacial score (nSPS) is 25.4. The summed E-state index contributed by atoms with van der Waals surface area (Å²) >= 11 is 0. The Bertz CT molecular complexity index is 435. The third-order valence-corrected chi connectivity index (χ3v) is 4.72. The van der Waals surface area contributed by atoms with Crippen molar-refractivity contribution >= 4 is 5.69 Å². The predicted octanol–water partition coefficient (Wildman–Crippen LogP) is 2.98. The van der Waals surface area contributed by atoms with Crippen LogP contribution < -0.4 is 5.73 Å². The molecule has 0 amide bonds. The van der Waals surface area contributed by atoms with Gasteiger partial charge in [0.1, 0.15) is 5.75 Å². The van der Waals surface area contributed by atoms with E-state index in [9.17, 15) is 5.11 Å². The Kier molecular flexibility index (Phi) is 1.97. The van der Waals surface area contributed by atoms with E-state index in [4.69, 9.17) is 5.73 Å². The van der Waals surface area contributed by atoms with Crippen molar-refractivity contribution in [1.82, 2.24) is 0 Å². The van der Waals surface area contributed by atoms with E-state index in [0.29, 0.717) is 11.2 Å². The Balaban J connectivity index is 2.16. The third-order valence-electron chi connectivity index (χ3n) is 4.72. The van der Waals surface area contributed by atoms with E-state index in [2.05, 4.69) is 6.92 Å². The largest absolute Gasteiger partial charge is 0.508 e. The number of anilines is 1. The molecule has 1 saturated carbocycles. The summed E-state index contributed by atoms with van der Waals surface area (Å²) in [5.74, 6) is 1.06. The Morgan fingerprint density at radius 1 is 1.44 bits per heavy atom. The summed E-state index contributed by atoms with van der Waals surface area (Å²) in [4.78, 5) is 0. The van der Waals surface area contributed by atoms with E-state index in [0.717, 1.165) is 18.0 Å². The number of nitrogens with two attached hydrogens (primary N) is 1. The number of aromatic hydroxyl groups is 1. The van der Waals surface area contributed by atoms with Gasteiger partial charge in [0.25, 0.3) is 0 Å². The van der Waals surface area contributed by atoms with E-state index >= 15 is 0 Å². The van der Waals surface area contributed by atoms with Crippen LogP contribution in [0.4, 0.5) is 5.69 Å². The summed E-state index contributed by atoms with van der Waals surface area (Å²) < 4.78 is 0. The van der Waals surface area contributed by atoms with Crippen LogP contribution in [-0.4, -0.2) is 5.11 Å². The summed E-state index contributed by atoms with van der Waals surface area (Å²) in [6.45, 7) is 2.27. The molecule has 3 N–H and O–H groups in total. The highest BCUT2D eigenvalue weighted by Gasteiger charge is 2.50. The van der Waals surface area contributed by atoms with E-state index in [1.54, 1.807) is 6.07 Å². The van der Waals surface area contributed by atoms with Gasteiger partial charge >= 0.3 is 0 Å². The smallest absolute Gasteiger partial charge is 0.117 e. The van der Waals surface area contributed by atoms with Gasteiger partial charge in [0.15, 0.2) is 0 Å². The van der Waals surface area contributed by atoms with Crippen LogP contribution in [0.3, 0.4) is 0 Å². The van der Waals surface area contributed by atoms with Gasteiger partial charge in [-0.15, -0.1) is 0 Å². The molecule has 0 aromatic heterocycles. The molecule has 1 fully saturated rings. The van der Waals surface area contributed by atoms with Crippen molar-refractivity contribution in [3.63, 3.8) is 0 Å². The number of hydrogen-bond acceptors (Lipinski definition) is 2. The average molecular weight is 217 g/mol. The minimum atomic E-state index is 0.322. The van der Waals surface area contributed by atoms with Gasteiger partial charge in [0.2, 0.25) is 0 Å². The number of phenols is 1. The first-order chi connectivity index (χ1) is 7.67. The molecule has 86 valence electrons. The van der Waals surface area contributed by atoms with Crippen molar-refractivity contribution in [3.8, 4) is 5.75 Å². The highest BCUT2D eigenvalue weighted by molar-refractivity contribution is 5.62. The molecule has 1 unspecified atom stereocenters. The molecule has 1 atom stereocenters. The number of nitrogen functional groups attached to an aromatic ring is 1. The number of hydrogen-bond donors (Lipinski definition) is 2. The summed E-state index contributed by atoms with van der Waals surface area (Å²) in [6.07, 6.45) is 6.22. The fraction of sp³-hybridized carbons (Fsp3) is 0.571. The van der Waals surface area contributed by atoms with E-state index < -0.39 is 0 Å². The quantitative estimate of drug-likeness (QED) is 0.710. The van der Waals surface area contributed by atoms with Crippen molar-refractivity contribution in [3.05, 3.63) is 23.3 Å². The number of fused-ring (bicyclic) bond motifs is 2. The molecule has 0 saturated heterocycles. The zero-order valence-corrected chi connectivity index (χ0v) is 9.79. The standard InChI is InChI=1S/C14H19NO/c1-2-10-6-9-7-11(16)8-12(15)13(9)14(10)4-3-5-14/h7-8,10,16H,2-6,15H2,1H3. The maximum absolute atomic E-state index is 9.62. The van der Waals surface area contributed by atoms with Crippen molar-refractivity contribution < 1.29 is 5.11 Å². The summed E-state index contributed by atoms with van der Waals surface area (Å²) in [5, 5.41) is 9.62. The molecule has 2 aliphatic carbocycles. The van der Waals surface area contributed by atoms with Gasteiger partial charge < -0.3 is 10.8 Å². The summed E-state index contributed by atoms with van der Waals surface area (Å²) in [6, 6.07) is 3.64. The van der Waals surface area contributed by atoms with Crippen LogP contribution in [0, 0.1) is 5.92 Å². The lowest BCUT2D eigenvalue weighted by atomic mass is 9.59. The molecule has 0 radical (unpaired) electrons. The molecule has 0 heterocycles. The average Bonchev–Trinajstić information content (AvgIpc) is 2.50. The number of benzene rings is 1. The van der Waals surface area contributed by atoms with Gasteiger partial charge in [-0.3, -0.25) is 0 Å².